The molecule has 2 aromatic rings. The van der Waals surface area contributed by atoms with Gasteiger partial charge in [0.05, 0.1) is 10.5 Å². The number of amides is 1. The highest BCUT2D eigenvalue weighted by Crippen LogP contribution is 2.21. The van der Waals surface area contributed by atoms with E-state index in [1.165, 1.54) is 10.4 Å². The van der Waals surface area contributed by atoms with Crippen molar-refractivity contribution < 1.29 is 27.5 Å². The maximum Gasteiger partial charge on any atom is 0.338 e. The van der Waals surface area contributed by atoms with Crippen molar-refractivity contribution >= 4 is 21.9 Å². The second-order valence-electron chi connectivity index (χ2n) is 6.30. The maximum absolute atomic E-state index is 12.7. The van der Waals surface area contributed by atoms with Gasteiger partial charge in [0.25, 0.3) is 5.91 Å². The first-order valence-electron chi connectivity index (χ1n) is 8.57. The van der Waals surface area contributed by atoms with E-state index in [0.717, 1.165) is 31.6 Å². The Labute approximate surface area is 156 Å². The van der Waals surface area contributed by atoms with E-state index in [1.807, 2.05) is 0 Å². The SMILES string of the molecule is O=C(O)c1coc(C(=O)NCc2cccc(S(=O)(=O)N3CCCCC3)c2)c1. The van der Waals surface area contributed by atoms with Crippen molar-refractivity contribution in [2.75, 3.05) is 13.1 Å². The van der Waals surface area contributed by atoms with E-state index < -0.39 is 21.9 Å². The number of carboxylic acid groups (broad SMARTS) is 1. The topological polar surface area (TPSA) is 117 Å². The number of carbonyl (C=O) groups excluding carboxylic acids is 1. The number of piperidine rings is 1. The highest BCUT2D eigenvalue weighted by molar-refractivity contribution is 7.89. The number of rotatable bonds is 6. The van der Waals surface area contributed by atoms with Crippen molar-refractivity contribution in [1.29, 1.82) is 0 Å². The van der Waals surface area contributed by atoms with Crippen LogP contribution in [0.1, 0.15) is 45.7 Å². The highest BCUT2D eigenvalue weighted by atomic mass is 32.2. The summed E-state index contributed by atoms with van der Waals surface area (Å²) in [5.74, 6) is -1.88. The van der Waals surface area contributed by atoms with Crippen LogP contribution in [0.15, 0.2) is 45.9 Å². The summed E-state index contributed by atoms with van der Waals surface area (Å²) in [5, 5.41) is 11.4. The van der Waals surface area contributed by atoms with Crippen LogP contribution < -0.4 is 5.32 Å². The van der Waals surface area contributed by atoms with E-state index >= 15 is 0 Å². The van der Waals surface area contributed by atoms with Gasteiger partial charge in [-0.05, 0) is 30.5 Å². The van der Waals surface area contributed by atoms with Crippen molar-refractivity contribution in [1.82, 2.24) is 9.62 Å². The molecule has 1 fully saturated rings. The van der Waals surface area contributed by atoms with Crippen LogP contribution >= 0.6 is 0 Å². The summed E-state index contributed by atoms with van der Waals surface area (Å²) < 4.78 is 31.9. The number of hydrogen-bond donors (Lipinski definition) is 2. The zero-order valence-corrected chi connectivity index (χ0v) is 15.4. The van der Waals surface area contributed by atoms with Crippen molar-refractivity contribution in [2.45, 2.75) is 30.7 Å². The first-order valence-corrected chi connectivity index (χ1v) is 10.0. The van der Waals surface area contributed by atoms with E-state index in [1.54, 1.807) is 18.2 Å². The van der Waals surface area contributed by atoms with Gasteiger partial charge in [0, 0.05) is 25.7 Å². The fourth-order valence-corrected chi connectivity index (χ4v) is 4.50. The monoisotopic (exact) mass is 392 g/mol. The molecule has 0 atom stereocenters. The molecule has 1 amide bonds. The van der Waals surface area contributed by atoms with Gasteiger partial charge in [0.2, 0.25) is 10.0 Å². The Balaban J connectivity index is 1.68. The average Bonchev–Trinajstić information content (AvgIpc) is 3.18. The van der Waals surface area contributed by atoms with E-state index in [0.29, 0.717) is 18.7 Å². The van der Waals surface area contributed by atoms with Crippen LogP contribution in [0.4, 0.5) is 0 Å². The van der Waals surface area contributed by atoms with Crippen LogP contribution in [-0.4, -0.2) is 42.8 Å². The molecule has 2 N–H and O–H groups in total. The zero-order chi connectivity index (χ0) is 19.4. The summed E-state index contributed by atoms with van der Waals surface area (Å²) in [5.41, 5.74) is 0.501. The molecule has 0 unspecified atom stereocenters. The van der Waals surface area contributed by atoms with Crippen LogP contribution in [0, 0.1) is 0 Å². The fraction of sp³-hybridized carbons (Fsp3) is 0.333. The van der Waals surface area contributed by atoms with Gasteiger partial charge in [-0.3, -0.25) is 4.79 Å². The number of carboxylic acids is 1. The molecule has 1 aromatic heterocycles. The molecule has 0 radical (unpaired) electrons. The normalized spacial score (nSPS) is 15.4. The molecule has 0 spiro atoms. The van der Waals surface area contributed by atoms with Crippen molar-refractivity contribution in [3.05, 3.63) is 53.5 Å². The minimum Gasteiger partial charge on any atom is -0.478 e. The van der Waals surface area contributed by atoms with Crippen LogP contribution in [0.25, 0.3) is 0 Å². The molecule has 1 aliphatic heterocycles. The van der Waals surface area contributed by atoms with Crippen LogP contribution in [0.5, 0.6) is 0 Å². The van der Waals surface area contributed by atoms with Crippen molar-refractivity contribution in [2.24, 2.45) is 0 Å². The minimum absolute atomic E-state index is 0.0886. The number of furan rings is 1. The lowest BCUT2D eigenvalue weighted by atomic mass is 10.2. The summed E-state index contributed by atoms with van der Waals surface area (Å²) in [6, 6.07) is 7.55. The van der Waals surface area contributed by atoms with Gasteiger partial charge < -0.3 is 14.8 Å². The number of aromatic carboxylic acids is 1. The Morgan fingerprint density at radius 1 is 1.15 bits per heavy atom. The Morgan fingerprint density at radius 3 is 2.56 bits per heavy atom. The third-order valence-electron chi connectivity index (χ3n) is 4.37. The fourth-order valence-electron chi connectivity index (χ4n) is 2.91. The largest absolute Gasteiger partial charge is 0.478 e. The van der Waals surface area contributed by atoms with Crippen LogP contribution in [-0.2, 0) is 16.6 Å². The van der Waals surface area contributed by atoms with Gasteiger partial charge in [-0.1, -0.05) is 18.6 Å². The third kappa shape index (κ3) is 4.37. The lowest BCUT2D eigenvalue weighted by Gasteiger charge is -2.26. The summed E-state index contributed by atoms with van der Waals surface area (Å²) in [6.45, 7) is 1.13. The Hall–Kier alpha value is -2.65. The lowest BCUT2D eigenvalue weighted by Crippen LogP contribution is -2.35. The lowest BCUT2D eigenvalue weighted by molar-refractivity contribution is 0.0695. The first kappa shape index (κ1) is 19.1. The molecular weight excluding hydrogens is 372 g/mol. The predicted molar refractivity (Wildman–Crippen MR) is 95.9 cm³/mol. The molecule has 1 saturated heterocycles. The summed E-state index contributed by atoms with van der Waals surface area (Å²) in [6.07, 6.45) is 3.74. The molecule has 2 heterocycles. The minimum atomic E-state index is -3.54. The smallest absolute Gasteiger partial charge is 0.338 e. The van der Waals surface area contributed by atoms with Gasteiger partial charge in [0.1, 0.15) is 6.26 Å². The van der Waals surface area contributed by atoms with E-state index in [-0.39, 0.29) is 22.8 Å². The van der Waals surface area contributed by atoms with Gasteiger partial charge in [0.15, 0.2) is 5.76 Å². The quantitative estimate of drug-likeness (QED) is 0.777. The van der Waals surface area contributed by atoms with E-state index in [2.05, 4.69) is 5.32 Å². The maximum atomic E-state index is 12.7. The van der Waals surface area contributed by atoms with Crippen molar-refractivity contribution in [3.63, 3.8) is 0 Å². The van der Waals surface area contributed by atoms with Crippen molar-refractivity contribution in [3.8, 4) is 0 Å². The number of carbonyl (C=O) groups is 2. The molecular formula is C18H20N2O6S. The third-order valence-corrected chi connectivity index (χ3v) is 6.27. The van der Waals surface area contributed by atoms with Crippen LogP contribution in [0.2, 0.25) is 0 Å². The van der Waals surface area contributed by atoms with Gasteiger partial charge in [-0.15, -0.1) is 0 Å². The highest BCUT2D eigenvalue weighted by Gasteiger charge is 2.26. The predicted octanol–water partition coefficient (Wildman–Crippen LogP) is 2.08. The van der Waals surface area contributed by atoms with Gasteiger partial charge >= 0.3 is 5.97 Å². The zero-order valence-electron chi connectivity index (χ0n) is 14.6. The molecule has 0 saturated carbocycles. The molecule has 9 heteroatoms. The number of hydrogen-bond acceptors (Lipinski definition) is 5. The molecule has 0 bridgehead atoms. The standard InChI is InChI=1S/C18H20N2O6S/c21-17(16-10-14(12-26-16)18(22)23)19-11-13-5-4-6-15(9-13)27(24,25)20-7-2-1-3-8-20/h4-6,9-10,12H,1-3,7-8,11H2,(H,19,21)(H,22,23). The number of sulfonamides is 1. The Kier molecular flexibility index (Phi) is 5.62. The molecule has 1 aliphatic rings. The second-order valence-corrected chi connectivity index (χ2v) is 8.24. The molecule has 144 valence electrons. The number of nitrogens with zero attached hydrogens (tertiary/aromatic N) is 1. The average molecular weight is 392 g/mol. The number of benzene rings is 1. The molecule has 27 heavy (non-hydrogen) atoms. The molecule has 3 rings (SSSR count). The first-order chi connectivity index (χ1) is 12.9. The van der Waals surface area contributed by atoms with Gasteiger partial charge in [-0.2, -0.15) is 4.31 Å². The summed E-state index contributed by atoms with van der Waals surface area (Å²) in [4.78, 5) is 23.1. The molecule has 8 nitrogen and oxygen atoms in total. The van der Waals surface area contributed by atoms with E-state index in [4.69, 9.17) is 9.52 Å². The van der Waals surface area contributed by atoms with Crippen LogP contribution in [0.3, 0.4) is 0 Å². The second kappa shape index (κ2) is 7.93. The molecule has 0 aliphatic carbocycles. The summed E-state index contributed by atoms with van der Waals surface area (Å²) >= 11 is 0. The van der Waals surface area contributed by atoms with Gasteiger partial charge in [-0.25, -0.2) is 13.2 Å². The van der Waals surface area contributed by atoms with E-state index in [9.17, 15) is 18.0 Å². The molecule has 1 aromatic carbocycles. The Morgan fingerprint density at radius 2 is 1.89 bits per heavy atom. The Bertz CT molecular complexity index is 944. The number of nitrogens with one attached hydrogen (secondary N) is 1. The summed E-state index contributed by atoms with van der Waals surface area (Å²) in [7, 11) is -3.54.